The Bertz CT molecular complexity index is 871. The molecule has 132 valence electrons. The molecule has 3 nitrogen and oxygen atoms in total. The van der Waals surface area contributed by atoms with Crippen LogP contribution in [-0.4, -0.2) is 19.2 Å². The molecule has 0 aromatic heterocycles. The van der Waals surface area contributed by atoms with E-state index in [4.69, 9.17) is 9.47 Å². The van der Waals surface area contributed by atoms with E-state index in [1.165, 1.54) is 0 Å². The summed E-state index contributed by atoms with van der Waals surface area (Å²) in [6.45, 7) is 1.90. The van der Waals surface area contributed by atoms with Crippen molar-refractivity contribution >= 4 is 5.97 Å². The van der Waals surface area contributed by atoms with Gasteiger partial charge in [0.2, 0.25) is 0 Å². The third kappa shape index (κ3) is 4.12. The maximum atomic E-state index is 12.7. The van der Waals surface area contributed by atoms with Gasteiger partial charge in [-0.1, -0.05) is 66.7 Å². The van der Waals surface area contributed by atoms with Crippen LogP contribution in [0.2, 0.25) is 0 Å². The van der Waals surface area contributed by atoms with Gasteiger partial charge in [0.1, 0.15) is 11.9 Å². The average Bonchev–Trinajstić information content (AvgIpc) is 2.69. The minimum absolute atomic E-state index is 0.261. The fourth-order valence-corrected chi connectivity index (χ4v) is 3.00. The molecule has 0 heterocycles. The van der Waals surface area contributed by atoms with Crippen LogP contribution in [0.3, 0.4) is 0 Å². The maximum Gasteiger partial charge on any atom is 0.339 e. The second kappa shape index (κ2) is 8.34. The number of esters is 1. The van der Waals surface area contributed by atoms with Crippen LogP contribution in [-0.2, 0) is 11.2 Å². The van der Waals surface area contributed by atoms with Gasteiger partial charge < -0.3 is 9.47 Å². The van der Waals surface area contributed by atoms with Crippen molar-refractivity contribution in [1.29, 1.82) is 0 Å². The Morgan fingerprint density at radius 3 is 2.31 bits per heavy atom. The van der Waals surface area contributed by atoms with Crippen LogP contribution in [0, 0.1) is 0 Å². The third-order valence-corrected chi connectivity index (χ3v) is 4.24. The van der Waals surface area contributed by atoms with Gasteiger partial charge in [-0.3, -0.25) is 0 Å². The van der Waals surface area contributed by atoms with Crippen molar-refractivity contribution in [2.24, 2.45) is 0 Å². The van der Waals surface area contributed by atoms with E-state index in [0.717, 1.165) is 22.4 Å². The summed E-state index contributed by atoms with van der Waals surface area (Å²) in [6, 6.07) is 25.2. The maximum absolute atomic E-state index is 12.7. The van der Waals surface area contributed by atoms with Crippen LogP contribution >= 0.6 is 0 Å². The predicted octanol–water partition coefficient (Wildman–Crippen LogP) is 5.15. The van der Waals surface area contributed by atoms with Crippen molar-refractivity contribution in [1.82, 2.24) is 0 Å². The zero-order valence-corrected chi connectivity index (χ0v) is 15.0. The molecular formula is C23H22O3. The van der Waals surface area contributed by atoms with Crippen molar-refractivity contribution < 1.29 is 14.3 Å². The molecule has 0 saturated heterocycles. The Hall–Kier alpha value is -3.07. The number of methoxy groups -OCH3 is 1. The number of para-hydroxylation sites is 1. The predicted molar refractivity (Wildman–Crippen MR) is 103 cm³/mol. The summed E-state index contributed by atoms with van der Waals surface area (Å²) < 4.78 is 11.1. The molecule has 3 heteroatoms. The van der Waals surface area contributed by atoms with Gasteiger partial charge in [-0.25, -0.2) is 4.79 Å². The summed E-state index contributed by atoms with van der Waals surface area (Å²) >= 11 is 0. The van der Waals surface area contributed by atoms with Gasteiger partial charge in [-0.15, -0.1) is 0 Å². The molecule has 3 aromatic carbocycles. The van der Waals surface area contributed by atoms with Crippen LogP contribution in [0.15, 0.2) is 78.9 Å². The Labute approximate surface area is 154 Å². The fraction of sp³-hybridized carbons (Fsp3) is 0.174. The number of carbonyl (C=O) groups excluding carboxylic acids is 1. The lowest BCUT2D eigenvalue weighted by Crippen LogP contribution is -2.18. The summed E-state index contributed by atoms with van der Waals surface area (Å²) in [5.41, 5.74) is 3.47. The second-order valence-corrected chi connectivity index (χ2v) is 6.14. The number of hydrogen-bond acceptors (Lipinski definition) is 3. The molecule has 0 aliphatic heterocycles. The average molecular weight is 346 g/mol. The van der Waals surface area contributed by atoms with Crippen molar-refractivity contribution in [2.45, 2.75) is 19.4 Å². The van der Waals surface area contributed by atoms with Gasteiger partial charge in [-0.2, -0.15) is 0 Å². The lowest BCUT2D eigenvalue weighted by atomic mass is 10.00. The second-order valence-electron chi connectivity index (χ2n) is 6.14. The number of carbonyl (C=O) groups is 1. The van der Waals surface area contributed by atoms with E-state index in [1.807, 2.05) is 79.7 Å². The van der Waals surface area contributed by atoms with Crippen molar-refractivity contribution in [2.75, 3.05) is 7.11 Å². The Morgan fingerprint density at radius 1 is 0.885 bits per heavy atom. The molecule has 0 aliphatic rings. The molecule has 0 amide bonds. The highest BCUT2D eigenvalue weighted by molar-refractivity contribution is 5.97. The third-order valence-electron chi connectivity index (χ3n) is 4.24. The van der Waals surface area contributed by atoms with Crippen LogP contribution in [0.5, 0.6) is 5.75 Å². The first-order valence-electron chi connectivity index (χ1n) is 8.66. The van der Waals surface area contributed by atoms with Gasteiger partial charge in [0, 0.05) is 6.42 Å². The molecule has 0 fully saturated rings. The SMILES string of the molecule is COc1ccccc1CC(C)OC(=O)c1ccccc1-c1ccccc1. The summed E-state index contributed by atoms with van der Waals surface area (Å²) in [5, 5.41) is 0. The van der Waals surface area contributed by atoms with Gasteiger partial charge in [0.15, 0.2) is 0 Å². The van der Waals surface area contributed by atoms with Gasteiger partial charge >= 0.3 is 5.97 Å². The molecule has 0 radical (unpaired) electrons. The van der Waals surface area contributed by atoms with E-state index in [0.29, 0.717) is 12.0 Å². The standard InChI is InChI=1S/C23H22O3/c1-17(16-19-12-6-9-15-22(19)25-2)26-23(24)21-14-8-7-13-20(21)18-10-4-3-5-11-18/h3-15,17H,16H2,1-2H3. The Morgan fingerprint density at radius 2 is 1.54 bits per heavy atom. The first-order chi connectivity index (χ1) is 12.7. The molecule has 0 saturated carbocycles. The normalized spacial score (nSPS) is 11.6. The van der Waals surface area contributed by atoms with Crippen LogP contribution in [0.1, 0.15) is 22.8 Å². The molecule has 0 aliphatic carbocycles. The largest absolute Gasteiger partial charge is 0.496 e. The molecular weight excluding hydrogens is 324 g/mol. The number of hydrogen-bond donors (Lipinski definition) is 0. The minimum Gasteiger partial charge on any atom is -0.496 e. The lowest BCUT2D eigenvalue weighted by Gasteiger charge is -2.16. The monoisotopic (exact) mass is 346 g/mol. The van der Waals surface area contributed by atoms with Crippen LogP contribution in [0.25, 0.3) is 11.1 Å². The quantitative estimate of drug-likeness (QED) is 0.579. The van der Waals surface area contributed by atoms with Crippen molar-refractivity contribution in [3.05, 3.63) is 90.0 Å². The van der Waals surface area contributed by atoms with Crippen molar-refractivity contribution in [3.63, 3.8) is 0 Å². The Balaban J connectivity index is 1.76. The molecule has 0 N–H and O–H groups in total. The molecule has 1 atom stereocenters. The molecule has 0 bridgehead atoms. The topological polar surface area (TPSA) is 35.5 Å². The number of ether oxygens (including phenoxy) is 2. The van der Waals surface area contributed by atoms with E-state index in [-0.39, 0.29) is 12.1 Å². The molecule has 0 spiro atoms. The number of rotatable bonds is 6. The van der Waals surface area contributed by atoms with Crippen LogP contribution < -0.4 is 4.74 Å². The van der Waals surface area contributed by atoms with Crippen LogP contribution in [0.4, 0.5) is 0 Å². The van der Waals surface area contributed by atoms with E-state index in [1.54, 1.807) is 13.2 Å². The molecule has 26 heavy (non-hydrogen) atoms. The first-order valence-corrected chi connectivity index (χ1v) is 8.66. The summed E-state index contributed by atoms with van der Waals surface area (Å²) in [5.74, 6) is 0.493. The number of benzene rings is 3. The molecule has 1 unspecified atom stereocenters. The molecule has 3 aromatic rings. The lowest BCUT2D eigenvalue weighted by molar-refractivity contribution is 0.0343. The summed E-state index contributed by atoms with van der Waals surface area (Å²) in [4.78, 5) is 12.7. The van der Waals surface area contributed by atoms with E-state index in [9.17, 15) is 4.79 Å². The van der Waals surface area contributed by atoms with E-state index >= 15 is 0 Å². The molecule has 3 rings (SSSR count). The van der Waals surface area contributed by atoms with Gasteiger partial charge in [0.05, 0.1) is 12.7 Å². The van der Waals surface area contributed by atoms with E-state index in [2.05, 4.69) is 0 Å². The Kier molecular flexibility index (Phi) is 5.69. The summed E-state index contributed by atoms with van der Waals surface area (Å²) in [6.07, 6.45) is 0.339. The van der Waals surface area contributed by atoms with E-state index < -0.39 is 0 Å². The highest BCUT2D eigenvalue weighted by atomic mass is 16.5. The van der Waals surface area contributed by atoms with Crippen molar-refractivity contribution in [3.8, 4) is 16.9 Å². The first kappa shape index (κ1) is 17.7. The zero-order valence-electron chi connectivity index (χ0n) is 15.0. The summed E-state index contributed by atoms with van der Waals surface area (Å²) in [7, 11) is 1.64. The zero-order chi connectivity index (χ0) is 18.4. The smallest absolute Gasteiger partial charge is 0.339 e. The highest BCUT2D eigenvalue weighted by Crippen LogP contribution is 2.25. The fourth-order valence-electron chi connectivity index (χ4n) is 3.00. The highest BCUT2D eigenvalue weighted by Gasteiger charge is 2.17. The van der Waals surface area contributed by atoms with Gasteiger partial charge in [0.25, 0.3) is 0 Å². The minimum atomic E-state index is -0.313. The van der Waals surface area contributed by atoms with Gasteiger partial charge in [-0.05, 0) is 35.7 Å².